The van der Waals surface area contributed by atoms with Crippen molar-refractivity contribution in [1.29, 1.82) is 0 Å². The van der Waals surface area contributed by atoms with E-state index in [-0.39, 0.29) is 0 Å². The molecule has 0 fully saturated rings. The van der Waals surface area contributed by atoms with Gasteiger partial charge in [0.2, 0.25) is 0 Å². The van der Waals surface area contributed by atoms with Gasteiger partial charge in [-0.05, 0) is 42.7 Å². The zero-order valence-corrected chi connectivity index (χ0v) is 17.0. The summed E-state index contributed by atoms with van der Waals surface area (Å²) < 4.78 is 40.2. The monoisotopic (exact) mass is 423 g/mol. The van der Waals surface area contributed by atoms with Crippen molar-refractivity contribution in [2.75, 3.05) is 5.43 Å². The van der Waals surface area contributed by atoms with Gasteiger partial charge in [0, 0.05) is 12.2 Å². The van der Waals surface area contributed by atoms with Crippen molar-refractivity contribution in [2.24, 2.45) is 5.10 Å². The second-order valence-corrected chi connectivity index (χ2v) is 7.19. The number of alkyl halides is 3. The van der Waals surface area contributed by atoms with Crippen LogP contribution in [0, 0.1) is 13.8 Å². The molecule has 0 atom stereocenters. The van der Waals surface area contributed by atoms with Gasteiger partial charge in [-0.1, -0.05) is 42.5 Å². The molecule has 0 radical (unpaired) electrons. The minimum atomic E-state index is -4.36. The lowest BCUT2D eigenvalue weighted by Gasteiger charge is -2.08. The number of anilines is 1. The molecule has 0 unspecified atom stereocenters. The summed E-state index contributed by atoms with van der Waals surface area (Å²) in [6.45, 7) is 4.73. The molecule has 8 heteroatoms. The van der Waals surface area contributed by atoms with Crippen molar-refractivity contribution in [3.05, 3.63) is 88.9 Å². The van der Waals surface area contributed by atoms with Crippen LogP contribution in [0.1, 0.15) is 27.9 Å². The molecule has 4 aromatic rings. The molecule has 0 spiro atoms. The highest BCUT2D eigenvalue weighted by Crippen LogP contribution is 2.30. The minimum absolute atomic E-state index is 0.542. The van der Waals surface area contributed by atoms with Gasteiger partial charge in [-0.15, -0.1) is 0 Å². The van der Waals surface area contributed by atoms with Crippen molar-refractivity contribution >= 4 is 23.1 Å². The van der Waals surface area contributed by atoms with Crippen LogP contribution in [-0.4, -0.2) is 20.7 Å². The topological polar surface area (TPSA) is 55.1 Å². The minimum Gasteiger partial charge on any atom is -0.325 e. The number of nitrogens with zero attached hydrogens (tertiary/aromatic N) is 4. The SMILES string of the molecule is Cc1c(C)n(Cc2ccccc2)c2ncnc(NN=Cc3ccc(C(F)(F)F)cc3)c12. The number of benzene rings is 2. The number of fused-ring (bicyclic) bond motifs is 1. The van der Waals surface area contributed by atoms with E-state index < -0.39 is 11.7 Å². The van der Waals surface area contributed by atoms with E-state index >= 15 is 0 Å². The number of aromatic nitrogens is 3. The van der Waals surface area contributed by atoms with Crippen molar-refractivity contribution in [3.8, 4) is 0 Å². The molecular formula is C23H20F3N5. The Morgan fingerprint density at radius 2 is 1.71 bits per heavy atom. The summed E-state index contributed by atoms with van der Waals surface area (Å²) in [7, 11) is 0. The maximum absolute atomic E-state index is 12.7. The molecule has 1 N–H and O–H groups in total. The average Bonchev–Trinajstić information content (AvgIpc) is 3.00. The van der Waals surface area contributed by atoms with Crippen LogP contribution < -0.4 is 5.43 Å². The van der Waals surface area contributed by atoms with Crippen molar-refractivity contribution in [1.82, 2.24) is 14.5 Å². The molecule has 2 heterocycles. The molecule has 0 aliphatic heterocycles. The molecule has 158 valence electrons. The van der Waals surface area contributed by atoms with Crippen LogP contribution in [-0.2, 0) is 12.7 Å². The van der Waals surface area contributed by atoms with E-state index in [1.54, 1.807) is 0 Å². The Bertz CT molecular complexity index is 1230. The molecule has 2 aromatic carbocycles. The molecule has 0 saturated carbocycles. The van der Waals surface area contributed by atoms with Crippen LogP contribution in [0.25, 0.3) is 11.0 Å². The van der Waals surface area contributed by atoms with Gasteiger partial charge < -0.3 is 4.57 Å². The van der Waals surface area contributed by atoms with Gasteiger partial charge >= 0.3 is 6.18 Å². The largest absolute Gasteiger partial charge is 0.416 e. The van der Waals surface area contributed by atoms with E-state index in [0.717, 1.165) is 40.0 Å². The smallest absolute Gasteiger partial charge is 0.325 e. The number of hydrogen-bond acceptors (Lipinski definition) is 4. The number of hydrazone groups is 1. The third kappa shape index (κ3) is 4.28. The zero-order chi connectivity index (χ0) is 22.0. The van der Waals surface area contributed by atoms with Crippen LogP contribution in [0.4, 0.5) is 19.0 Å². The van der Waals surface area contributed by atoms with Crippen LogP contribution in [0.5, 0.6) is 0 Å². The molecule has 2 aromatic heterocycles. The Hall–Kier alpha value is -3.68. The molecule has 0 bridgehead atoms. The lowest BCUT2D eigenvalue weighted by molar-refractivity contribution is -0.137. The lowest BCUT2D eigenvalue weighted by atomic mass is 10.1. The maximum atomic E-state index is 12.7. The van der Waals surface area contributed by atoms with Gasteiger partial charge in [0.1, 0.15) is 12.0 Å². The highest BCUT2D eigenvalue weighted by molar-refractivity contribution is 5.92. The first-order valence-electron chi connectivity index (χ1n) is 9.65. The highest BCUT2D eigenvalue weighted by Gasteiger charge is 2.29. The molecule has 0 aliphatic rings. The first-order chi connectivity index (χ1) is 14.8. The lowest BCUT2D eigenvalue weighted by Crippen LogP contribution is -2.04. The van der Waals surface area contributed by atoms with E-state index in [1.165, 1.54) is 24.7 Å². The summed E-state index contributed by atoms with van der Waals surface area (Å²) in [5.74, 6) is 0.542. The fraction of sp³-hybridized carbons (Fsp3) is 0.174. The third-order valence-electron chi connectivity index (χ3n) is 5.21. The Balaban J connectivity index is 1.60. The predicted octanol–water partition coefficient (Wildman–Crippen LogP) is 5.56. The van der Waals surface area contributed by atoms with Crippen LogP contribution in [0.2, 0.25) is 0 Å². The van der Waals surface area contributed by atoms with Gasteiger partial charge in [-0.2, -0.15) is 18.3 Å². The zero-order valence-electron chi connectivity index (χ0n) is 17.0. The summed E-state index contributed by atoms with van der Waals surface area (Å²) in [5, 5.41) is 5.02. The van der Waals surface area contributed by atoms with Crippen LogP contribution >= 0.6 is 0 Å². The van der Waals surface area contributed by atoms with Gasteiger partial charge in [-0.3, -0.25) is 5.43 Å². The van der Waals surface area contributed by atoms with Crippen molar-refractivity contribution in [2.45, 2.75) is 26.6 Å². The van der Waals surface area contributed by atoms with Gasteiger partial charge in [0.05, 0.1) is 17.2 Å². The van der Waals surface area contributed by atoms with Gasteiger partial charge in [-0.25, -0.2) is 9.97 Å². The van der Waals surface area contributed by atoms with Crippen molar-refractivity contribution in [3.63, 3.8) is 0 Å². The van der Waals surface area contributed by atoms with E-state index in [9.17, 15) is 13.2 Å². The summed E-state index contributed by atoms with van der Waals surface area (Å²) in [5.41, 5.74) is 6.83. The predicted molar refractivity (Wildman–Crippen MR) is 115 cm³/mol. The molecule has 5 nitrogen and oxygen atoms in total. The Morgan fingerprint density at radius 3 is 2.39 bits per heavy atom. The first-order valence-corrected chi connectivity index (χ1v) is 9.65. The van der Waals surface area contributed by atoms with E-state index in [2.05, 4.69) is 37.2 Å². The molecule has 0 aliphatic carbocycles. The molecular weight excluding hydrogens is 403 g/mol. The van der Waals surface area contributed by atoms with E-state index in [4.69, 9.17) is 0 Å². The van der Waals surface area contributed by atoms with Gasteiger partial charge in [0.15, 0.2) is 5.82 Å². The van der Waals surface area contributed by atoms with Crippen molar-refractivity contribution < 1.29 is 13.2 Å². The Morgan fingerprint density at radius 1 is 1.00 bits per heavy atom. The van der Waals surface area contributed by atoms with Crippen LogP contribution in [0.15, 0.2) is 66.0 Å². The quantitative estimate of drug-likeness (QED) is 0.338. The normalized spacial score (nSPS) is 12.0. The second-order valence-electron chi connectivity index (χ2n) is 7.19. The van der Waals surface area contributed by atoms with E-state index in [1.807, 2.05) is 32.0 Å². The standard InChI is InChI=1S/C23H20F3N5/c1-15-16(2)31(13-18-6-4-3-5-7-18)22-20(15)21(27-14-28-22)30-29-12-17-8-10-19(11-9-17)23(24,25)26/h3-12,14H,13H2,1-2H3,(H,27,28,30). The molecule has 31 heavy (non-hydrogen) atoms. The van der Waals surface area contributed by atoms with E-state index in [0.29, 0.717) is 17.9 Å². The maximum Gasteiger partial charge on any atom is 0.416 e. The highest BCUT2D eigenvalue weighted by atomic mass is 19.4. The summed E-state index contributed by atoms with van der Waals surface area (Å²) in [6, 6.07) is 14.9. The number of hydrogen-bond donors (Lipinski definition) is 1. The summed E-state index contributed by atoms with van der Waals surface area (Å²) in [4.78, 5) is 8.78. The summed E-state index contributed by atoms with van der Waals surface area (Å²) >= 11 is 0. The fourth-order valence-corrected chi connectivity index (χ4v) is 3.44. The average molecular weight is 423 g/mol. The number of halogens is 3. The molecule has 0 saturated heterocycles. The number of aryl methyl sites for hydroxylation is 1. The Labute approximate surface area is 177 Å². The van der Waals surface area contributed by atoms with Crippen LogP contribution in [0.3, 0.4) is 0 Å². The fourth-order valence-electron chi connectivity index (χ4n) is 3.44. The molecule has 4 rings (SSSR count). The third-order valence-corrected chi connectivity index (χ3v) is 5.21. The Kier molecular flexibility index (Phi) is 5.46. The first kappa shape index (κ1) is 20.6. The molecule has 0 amide bonds. The number of rotatable bonds is 5. The van der Waals surface area contributed by atoms with Gasteiger partial charge in [0.25, 0.3) is 0 Å². The second kappa shape index (κ2) is 8.22. The summed E-state index contributed by atoms with van der Waals surface area (Å²) in [6.07, 6.45) is -1.43. The number of nitrogens with one attached hydrogen (secondary N) is 1.